The third-order valence-corrected chi connectivity index (χ3v) is 18.0. The first-order valence-corrected chi connectivity index (χ1v) is 20.2. The quantitative estimate of drug-likeness (QED) is 0.169. The first-order chi connectivity index (χ1) is 22.0. The first-order valence-electron chi connectivity index (χ1n) is 17.7. The van der Waals surface area contributed by atoms with Crippen LogP contribution in [0.2, 0.25) is 18.1 Å². The summed E-state index contributed by atoms with van der Waals surface area (Å²) in [7, 11) is -0.576. The van der Waals surface area contributed by atoms with E-state index < -0.39 is 72.4 Å². The molecule has 3 fully saturated rings. The van der Waals surface area contributed by atoms with Gasteiger partial charge in [0.1, 0.15) is 23.1 Å². The number of Topliss-reactive ketones (excluding diaryl/α,β-unsaturated/α-hetero) is 1. The highest BCUT2D eigenvalue weighted by atomic mass is 28.4. The number of carbonyl (C=O) groups is 3. The summed E-state index contributed by atoms with van der Waals surface area (Å²) >= 11 is 0. The summed E-state index contributed by atoms with van der Waals surface area (Å²) < 4.78 is 26.3. The maximum Gasteiger partial charge on any atom is 0.338 e. The molecule has 0 saturated heterocycles. The largest absolute Gasteiger partial charge is 0.458 e. The van der Waals surface area contributed by atoms with E-state index in [1.54, 1.807) is 31.4 Å². The molecule has 9 heteroatoms. The fraction of sp³-hybridized carbons (Fsp3) is 0.711. The van der Waals surface area contributed by atoms with Crippen LogP contribution in [-0.4, -0.2) is 67.8 Å². The van der Waals surface area contributed by atoms with Gasteiger partial charge in [0.15, 0.2) is 8.32 Å². The zero-order chi connectivity index (χ0) is 34.7. The lowest BCUT2D eigenvalue weighted by atomic mass is 9.40. The highest BCUT2D eigenvalue weighted by Crippen LogP contribution is 2.68. The molecule has 1 aromatic carbocycles. The van der Waals surface area contributed by atoms with E-state index in [1.165, 1.54) is 6.92 Å². The third kappa shape index (κ3) is 5.21. The predicted molar refractivity (Wildman–Crippen MR) is 182 cm³/mol. The minimum absolute atomic E-state index is 0.0536. The van der Waals surface area contributed by atoms with Crippen molar-refractivity contribution in [1.82, 2.24) is 0 Å². The normalized spacial score (nSPS) is 37.9. The number of hydrogen-bond acceptors (Lipinski definition) is 8. The van der Waals surface area contributed by atoms with Crippen LogP contribution < -0.4 is 0 Å². The Kier molecular flexibility index (Phi) is 9.58. The summed E-state index contributed by atoms with van der Waals surface area (Å²) in [5, 5.41) is 13.6. The Morgan fingerprint density at radius 1 is 1.04 bits per heavy atom. The van der Waals surface area contributed by atoms with Gasteiger partial charge in [0.25, 0.3) is 0 Å². The van der Waals surface area contributed by atoms with Gasteiger partial charge in [0, 0.05) is 37.7 Å². The summed E-state index contributed by atoms with van der Waals surface area (Å²) in [6.07, 6.45) is -0.227. The molecule has 0 radical (unpaired) electrons. The van der Waals surface area contributed by atoms with Crippen LogP contribution in [-0.2, 0) is 28.2 Å². The lowest BCUT2D eigenvalue weighted by Gasteiger charge is -2.68. The first kappa shape index (κ1) is 36.0. The molecule has 0 amide bonds. The van der Waals surface area contributed by atoms with Gasteiger partial charge in [-0.3, -0.25) is 9.59 Å². The van der Waals surface area contributed by atoms with Gasteiger partial charge in [0.05, 0.1) is 29.1 Å². The van der Waals surface area contributed by atoms with E-state index in [1.807, 2.05) is 33.8 Å². The van der Waals surface area contributed by atoms with Crippen molar-refractivity contribution in [2.75, 3.05) is 7.11 Å². The molecular formula is C38H56O8Si. The molecule has 0 aliphatic heterocycles. The van der Waals surface area contributed by atoms with Crippen molar-refractivity contribution in [3.63, 3.8) is 0 Å². The lowest BCUT2D eigenvalue weighted by Crippen LogP contribution is -2.78. The van der Waals surface area contributed by atoms with E-state index in [9.17, 15) is 14.7 Å². The minimum atomic E-state index is -2.19. The molecule has 1 N–H and O–H groups in total. The van der Waals surface area contributed by atoms with Crippen LogP contribution in [0.5, 0.6) is 0 Å². The monoisotopic (exact) mass is 668 g/mol. The van der Waals surface area contributed by atoms with Gasteiger partial charge in [-0.15, -0.1) is 0 Å². The number of ether oxygens (including phenoxy) is 3. The second-order valence-electron chi connectivity index (χ2n) is 15.5. The fourth-order valence-electron chi connectivity index (χ4n) is 10.4. The van der Waals surface area contributed by atoms with Crippen molar-refractivity contribution in [2.24, 2.45) is 28.6 Å². The van der Waals surface area contributed by atoms with Crippen LogP contribution in [0.1, 0.15) is 98.4 Å². The maximum atomic E-state index is 15.3. The summed E-state index contributed by atoms with van der Waals surface area (Å²) in [4.78, 5) is 42.4. The molecule has 0 spiro atoms. The number of benzene rings is 1. The van der Waals surface area contributed by atoms with Crippen molar-refractivity contribution < 1.29 is 38.1 Å². The van der Waals surface area contributed by atoms with E-state index >= 15 is 4.79 Å². The van der Waals surface area contributed by atoms with Crippen LogP contribution in [0.25, 0.3) is 0 Å². The average Bonchev–Trinajstić information content (AvgIpc) is 3.03. The number of rotatable bonds is 9. The number of fused-ring (bicyclic) bond motifs is 5. The van der Waals surface area contributed by atoms with Crippen LogP contribution in [0, 0.1) is 28.6 Å². The summed E-state index contributed by atoms with van der Waals surface area (Å²) in [6.45, 7) is 17.7. The van der Waals surface area contributed by atoms with Crippen LogP contribution in [0.15, 0.2) is 41.5 Å². The van der Waals surface area contributed by atoms with E-state index in [0.29, 0.717) is 18.4 Å². The molecule has 5 rings (SSSR count). The van der Waals surface area contributed by atoms with Crippen molar-refractivity contribution in [2.45, 2.75) is 136 Å². The number of carbonyl (C=O) groups excluding carboxylic acids is 3. The van der Waals surface area contributed by atoms with Crippen LogP contribution in [0.3, 0.4) is 0 Å². The molecule has 260 valence electrons. The van der Waals surface area contributed by atoms with E-state index in [2.05, 4.69) is 27.7 Å². The predicted octanol–water partition coefficient (Wildman–Crippen LogP) is 7.05. The highest BCUT2D eigenvalue weighted by Gasteiger charge is 2.76. The Morgan fingerprint density at radius 2 is 1.66 bits per heavy atom. The number of esters is 2. The van der Waals surface area contributed by atoms with E-state index in [4.69, 9.17) is 18.6 Å². The Labute approximate surface area is 282 Å². The number of ketones is 1. The maximum absolute atomic E-state index is 15.3. The summed E-state index contributed by atoms with van der Waals surface area (Å²) in [5.74, 6) is -2.68. The Morgan fingerprint density at radius 3 is 2.17 bits per heavy atom. The topological polar surface area (TPSA) is 108 Å². The van der Waals surface area contributed by atoms with Crippen molar-refractivity contribution in [3.05, 3.63) is 47.0 Å². The molecule has 0 aromatic heterocycles. The van der Waals surface area contributed by atoms with Gasteiger partial charge in [-0.2, -0.15) is 0 Å². The van der Waals surface area contributed by atoms with Crippen molar-refractivity contribution in [1.29, 1.82) is 0 Å². The molecule has 1 aromatic rings. The van der Waals surface area contributed by atoms with Crippen LogP contribution in [0.4, 0.5) is 0 Å². The molecule has 9 atom stereocenters. The number of hydrogen-bond donors (Lipinski definition) is 1. The SMILES string of the molecule is CC[Si](CC)(CC)O[C@H]1C[C@@]2(O)[C@@H](OC(=O)c3ccccc3)[C@@H]3[C@]4(OC(C)=O)CC[C@@H]4C[C@H](OC)[C@@]3(C)C(=O)[C@H](C)C(=C1C)C2(C)C. The summed E-state index contributed by atoms with van der Waals surface area (Å²) in [6, 6.07) is 11.5. The number of aliphatic hydroxyl groups is 1. The molecule has 4 aliphatic rings. The van der Waals surface area contributed by atoms with Gasteiger partial charge in [-0.25, -0.2) is 4.79 Å². The smallest absolute Gasteiger partial charge is 0.338 e. The Bertz CT molecular complexity index is 1410. The zero-order valence-electron chi connectivity index (χ0n) is 30.1. The minimum Gasteiger partial charge on any atom is -0.458 e. The van der Waals surface area contributed by atoms with Gasteiger partial charge < -0.3 is 23.7 Å². The Hall–Kier alpha value is -2.33. The van der Waals surface area contributed by atoms with E-state index in [0.717, 1.165) is 35.7 Å². The van der Waals surface area contributed by atoms with Crippen LogP contribution >= 0.6 is 0 Å². The van der Waals surface area contributed by atoms with Crippen molar-refractivity contribution >= 4 is 26.0 Å². The molecule has 8 nitrogen and oxygen atoms in total. The molecular weight excluding hydrogens is 612 g/mol. The molecule has 4 aliphatic carbocycles. The zero-order valence-corrected chi connectivity index (χ0v) is 31.1. The fourth-order valence-corrected chi connectivity index (χ4v) is 13.3. The Balaban J connectivity index is 1.83. The molecule has 0 heterocycles. The summed E-state index contributed by atoms with van der Waals surface area (Å²) in [5.41, 5.74) is -2.90. The van der Waals surface area contributed by atoms with Gasteiger partial charge in [-0.05, 0) is 74.5 Å². The standard InChI is InChI=1S/C38H56O8Si/c1-11-47(12-2,13-3)46-28-22-38(42)33(44-34(41)26-17-15-14-16-18-26)31-36(9,32(40)24(5)30(23(28)4)35(38,7)8)29(43-10)21-27-19-20-37(27,31)45-25(6)39/h14-18,24,27-29,31,33,42H,11-13,19-22H2,1-10H3/t24-,27-,28+,29+,31+,33+,36-,37+,38-/m1/s1. The highest BCUT2D eigenvalue weighted by molar-refractivity contribution is 6.73. The second-order valence-corrected chi connectivity index (χ2v) is 20.2. The van der Waals surface area contributed by atoms with Gasteiger partial charge in [-0.1, -0.05) is 59.7 Å². The molecule has 0 unspecified atom stereocenters. The number of methoxy groups -OCH3 is 1. The van der Waals surface area contributed by atoms with Gasteiger partial charge in [0.2, 0.25) is 0 Å². The van der Waals surface area contributed by atoms with E-state index in [-0.39, 0.29) is 18.1 Å². The molecule has 47 heavy (non-hydrogen) atoms. The van der Waals surface area contributed by atoms with Crippen molar-refractivity contribution in [3.8, 4) is 0 Å². The lowest BCUT2D eigenvalue weighted by molar-refractivity contribution is -0.296. The molecule has 3 saturated carbocycles. The second kappa shape index (κ2) is 12.5. The third-order valence-electron chi connectivity index (χ3n) is 13.4. The van der Waals surface area contributed by atoms with Gasteiger partial charge >= 0.3 is 11.9 Å². The average molecular weight is 669 g/mol. The molecule has 2 bridgehead atoms.